The Kier molecular flexibility index (Phi) is 4.16. The van der Waals surface area contributed by atoms with E-state index >= 15 is 0 Å². The van der Waals surface area contributed by atoms with Crippen LogP contribution in [0.2, 0.25) is 5.02 Å². The van der Waals surface area contributed by atoms with Crippen LogP contribution in [0.25, 0.3) is 10.9 Å². The molecular formula is C16H13ClN2O4. The molecule has 118 valence electrons. The van der Waals surface area contributed by atoms with Gasteiger partial charge in [0.05, 0.1) is 36.6 Å². The van der Waals surface area contributed by atoms with Gasteiger partial charge in [0.25, 0.3) is 5.56 Å². The van der Waals surface area contributed by atoms with Gasteiger partial charge in [0.1, 0.15) is 11.3 Å². The number of fused-ring (bicyclic) bond motifs is 1. The fourth-order valence-electron chi connectivity index (χ4n) is 2.25. The molecule has 0 unspecified atom stereocenters. The van der Waals surface area contributed by atoms with Crippen LogP contribution in [0.1, 0.15) is 23.0 Å². The minimum Gasteiger partial charge on any atom is -0.467 e. The van der Waals surface area contributed by atoms with Crippen LogP contribution < -0.4 is 5.56 Å². The molecule has 6 nitrogen and oxygen atoms in total. The molecular weight excluding hydrogens is 320 g/mol. The molecule has 0 aliphatic carbocycles. The number of hydrogen-bond acceptors (Lipinski definition) is 5. The number of aromatic nitrogens is 2. The molecule has 0 bridgehead atoms. The van der Waals surface area contributed by atoms with Crippen LogP contribution in [0.5, 0.6) is 0 Å². The maximum Gasteiger partial charge on any atom is 0.341 e. The zero-order chi connectivity index (χ0) is 16.4. The fourth-order valence-corrected chi connectivity index (χ4v) is 2.42. The lowest BCUT2D eigenvalue weighted by molar-refractivity contribution is 0.0523. The molecule has 23 heavy (non-hydrogen) atoms. The number of carbonyl (C=O) groups excluding carboxylic acids is 1. The van der Waals surface area contributed by atoms with Crippen molar-refractivity contribution >= 4 is 28.5 Å². The van der Waals surface area contributed by atoms with E-state index in [1.807, 2.05) is 0 Å². The van der Waals surface area contributed by atoms with Gasteiger partial charge < -0.3 is 9.15 Å². The third-order valence-electron chi connectivity index (χ3n) is 3.34. The number of rotatable bonds is 4. The zero-order valence-electron chi connectivity index (χ0n) is 12.3. The predicted molar refractivity (Wildman–Crippen MR) is 84.8 cm³/mol. The van der Waals surface area contributed by atoms with Crippen LogP contribution in [0, 0.1) is 0 Å². The molecule has 0 amide bonds. The van der Waals surface area contributed by atoms with E-state index in [0.717, 1.165) is 0 Å². The van der Waals surface area contributed by atoms with Gasteiger partial charge in [0.2, 0.25) is 0 Å². The van der Waals surface area contributed by atoms with Crippen molar-refractivity contribution in [3.8, 4) is 0 Å². The van der Waals surface area contributed by atoms with Gasteiger partial charge in [-0.05, 0) is 31.2 Å². The van der Waals surface area contributed by atoms with Crippen LogP contribution >= 0.6 is 11.6 Å². The summed E-state index contributed by atoms with van der Waals surface area (Å²) in [6.07, 6.45) is 2.80. The van der Waals surface area contributed by atoms with Crippen molar-refractivity contribution in [2.75, 3.05) is 6.61 Å². The molecule has 7 heteroatoms. The molecule has 0 saturated heterocycles. The minimum absolute atomic E-state index is 0.0788. The predicted octanol–water partition coefficient (Wildman–Crippen LogP) is 2.87. The summed E-state index contributed by atoms with van der Waals surface area (Å²) in [4.78, 5) is 28.6. The smallest absolute Gasteiger partial charge is 0.341 e. The number of furan rings is 1. The molecule has 1 aromatic carbocycles. The minimum atomic E-state index is -0.485. The quantitative estimate of drug-likeness (QED) is 0.687. The molecule has 0 N–H and O–H groups in total. The molecule has 3 rings (SSSR count). The summed E-state index contributed by atoms with van der Waals surface area (Å²) in [5.41, 5.74) is 0.592. The number of carbonyl (C=O) groups is 1. The molecule has 0 radical (unpaired) electrons. The second-order valence-electron chi connectivity index (χ2n) is 4.82. The Labute approximate surface area is 136 Å². The molecule has 0 aliphatic rings. The lowest BCUT2D eigenvalue weighted by Crippen LogP contribution is -2.22. The Morgan fingerprint density at radius 3 is 3.00 bits per heavy atom. The van der Waals surface area contributed by atoms with Crippen LogP contribution in [0.4, 0.5) is 0 Å². The van der Waals surface area contributed by atoms with Crippen LogP contribution in [0.3, 0.4) is 0 Å². The molecule has 0 aliphatic heterocycles. The maximum atomic E-state index is 12.5. The fraction of sp³-hybridized carbons (Fsp3) is 0.188. The van der Waals surface area contributed by atoms with E-state index in [-0.39, 0.29) is 18.7 Å². The van der Waals surface area contributed by atoms with E-state index in [2.05, 4.69) is 4.98 Å². The standard InChI is InChI=1S/C16H13ClN2O4/c1-2-22-16(21)11-5-6-23-14(11)8-19-9-18-13-4-3-10(17)7-12(13)15(19)20/h3-7,9H,2,8H2,1H3. The van der Waals surface area contributed by atoms with Gasteiger partial charge in [-0.25, -0.2) is 9.78 Å². The van der Waals surface area contributed by atoms with E-state index in [9.17, 15) is 9.59 Å². The van der Waals surface area contributed by atoms with Gasteiger partial charge in [-0.2, -0.15) is 0 Å². The number of hydrogen-bond donors (Lipinski definition) is 0. The van der Waals surface area contributed by atoms with Gasteiger partial charge in [-0.15, -0.1) is 0 Å². The molecule has 0 fully saturated rings. The van der Waals surface area contributed by atoms with Crippen molar-refractivity contribution in [1.29, 1.82) is 0 Å². The monoisotopic (exact) mass is 332 g/mol. The van der Waals surface area contributed by atoms with Gasteiger partial charge in [-0.1, -0.05) is 11.6 Å². The average molecular weight is 333 g/mol. The Bertz CT molecular complexity index is 929. The van der Waals surface area contributed by atoms with Gasteiger partial charge >= 0.3 is 5.97 Å². The highest BCUT2D eigenvalue weighted by Gasteiger charge is 2.17. The third kappa shape index (κ3) is 2.98. The highest BCUT2D eigenvalue weighted by molar-refractivity contribution is 6.31. The molecule has 2 aromatic heterocycles. The van der Waals surface area contributed by atoms with Crippen molar-refractivity contribution in [2.45, 2.75) is 13.5 Å². The highest BCUT2D eigenvalue weighted by Crippen LogP contribution is 2.16. The van der Waals surface area contributed by atoms with Gasteiger partial charge in [0, 0.05) is 5.02 Å². The number of esters is 1. The van der Waals surface area contributed by atoms with Crippen LogP contribution in [0.15, 0.2) is 46.1 Å². The topological polar surface area (TPSA) is 74.3 Å². The maximum absolute atomic E-state index is 12.5. The summed E-state index contributed by atoms with van der Waals surface area (Å²) >= 11 is 5.93. The Balaban J connectivity index is 2.00. The van der Waals surface area contributed by atoms with Crippen molar-refractivity contribution in [1.82, 2.24) is 9.55 Å². The summed E-state index contributed by atoms with van der Waals surface area (Å²) in [6, 6.07) is 6.44. The highest BCUT2D eigenvalue weighted by atomic mass is 35.5. The first-order valence-corrected chi connectivity index (χ1v) is 7.36. The number of nitrogens with zero attached hydrogens (tertiary/aromatic N) is 2. The Morgan fingerprint density at radius 2 is 2.22 bits per heavy atom. The van der Waals surface area contributed by atoms with E-state index in [1.54, 1.807) is 25.1 Å². The summed E-state index contributed by atoms with van der Waals surface area (Å²) in [6.45, 7) is 2.06. The third-order valence-corrected chi connectivity index (χ3v) is 3.58. The molecule has 2 heterocycles. The summed E-state index contributed by atoms with van der Waals surface area (Å²) in [7, 11) is 0. The molecule has 3 aromatic rings. The number of halogens is 1. The first-order valence-electron chi connectivity index (χ1n) is 6.98. The van der Waals surface area contributed by atoms with Crippen molar-refractivity contribution < 1.29 is 13.9 Å². The lowest BCUT2D eigenvalue weighted by atomic mass is 10.2. The number of benzene rings is 1. The van der Waals surface area contributed by atoms with Crippen LogP contribution in [-0.2, 0) is 11.3 Å². The lowest BCUT2D eigenvalue weighted by Gasteiger charge is -2.07. The van der Waals surface area contributed by atoms with E-state index in [4.69, 9.17) is 20.8 Å². The molecule has 0 saturated carbocycles. The first kappa shape index (κ1) is 15.3. The SMILES string of the molecule is CCOC(=O)c1ccoc1Cn1cnc2ccc(Cl)cc2c1=O. The molecule has 0 spiro atoms. The largest absolute Gasteiger partial charge is 0.467 e. The van der Waals surface area contributed by atoms with Crippen molar-refractivity contribution in [2.24, 2.45) is 0 Å². The van der Waals surface area contributed by atoms with Gasteiger partial charge in [0.15, 0.2) is 0 Å². The zero-order valence-corrected chi connectivity index (χ0v) is 13.0. The summed E-state index contributed by atoms with van der Waals surface area (Å²) < 4.78 is 11.6. The second kappa shape index (κ2) is 6.26. The Morgan fingerprint density at radius 1 is 1.39 bits per heavy atom. The van der Waals surface area contributed by atoms with E-state index in [0.29, 0.717) is 27.2 Å². The van der Waals surface area contributed by atoms with Crippen molar-refractivity contribution in [3.63, 3.8) is 0 Å². The van der Waals surface area contributed by atoms with Crippen molar-refractivity contribution in [3.05, 3.63) is 63.6 Å². The Hall–Kier alpha value is -2.60. The summed E-state index contributed by atoms with van der Waals surface area (Å²) in [5, 5.41) is 0.864. The first-order chi connectivity index (χ1) is 11.1. The normalized spacial score (nSPS) is 10.9. The number of ether oxygens (including phenoxy) is 1. The second-order valence-corrected chi connectivity index (χ2v) is 5.25. The summed E-state index contributed by atoms with van der Waals surface area (Å²) in [5.74, 6) is -0.144. The molecule has 0 atom stereocenters. The van der Waals surface area contributed by atoms with Gasteiger partial charge in [-0.3, -0.25) is 9.36 Å². The van der Waals surface area contributed by atoms with Crippen LogP contribution in [-0.4, -0.2) is 22.1 Å². The average Bonchev–Trinajstić information content (AvgIpc) is 2.99. The van der Waals surface area contributed by atoms with E-state index < -0.39 is 5.97 Å². The van der Waals surface area contributed by atoms with E-state index in [1.165, 1.54) is 23.2 Å².